The summed E-state index contributed by atoms with van der Waals surface area (Å²) in [6.07, 6.45) is 0. The third kappa shape index (κ3) is 4.08. The van der Waals surface area contributed by atoms with Crippen molar-refractivity contribution in [2.24, 2.45) is 0 Å². The molecule has 0 aliphatic rings. The minimum absolute atomic E-state index is 0.149. The number of halogens is 2. The number of fused-ring (bicyclic) bond motifs is 2. The molecule has 0 saturated heterocycles. The molecule has 0 radical (unpaired) electrons. The Kier molecular flexibility index (Phi) is 5.57. The van der Waals surface area contributed by atoms with Gasteiger partial charge in [0, 0.05) is 26.4 Å². The number of anilines is 1. The van der Waals surface area contributed by atoms with E-state index < -0.39 is 0 Å². The van der Waals surface area contributed by atoms with E-state index in [9.17, 15) is 4.79 Å². The van der Waals surface area contributed by atoms with Crippen molar-refractivity contribution in [1.29, 1.82) is 0 Å². The van der Waals surface area contributed by atoms with E-state index in [2.05, 4.69) is 15.6 Å². The number of nitrogens with one attached hydrogen (secondary N) is 2. The van der Waals surface area contributed by atoms with Gasteiger partial charge in [-0.1, -0.05) is 47.5 Å². The molecule has 0 saturated carbocycles. The number of amides is 1. The van der Waals surface area contributed by atoms with E-state index in [-0.39, 0.29) is 11.0 Å². The summed E-state index contributed by atoms with van der Waals surface area (Å²) in [5.41, 5.74) is 2.96. The zero-order valence-electron chi connectivity index (χ0n) is 16.2. The van der Waals surface area contributed by atoms with Crippen molar-refractivity contribution in [3.05, 3.63) is 81.7 Å². The summed E-state index contributed by atoms with van der Waals surface area (Å²) in [6.45, 7) is 0. The van der Waals surface area contributed by atoms with Gasteiger partial charge >= 0.3 is 0 Å². The first kappa shape index (κ1) is 20.9. The van der Waals surface area contributed by atoms with Crippen LogP contribution in [0.25, 0.3) is 32.6 Å². The Bertz CT molecular complexity index is 1480. The number of rotatable bonds is 3. The predicted octanol–water partition coefficient (Wildman–Crippen LogP) is 7.14. The predicted molar refractivity (Wildman–Crippen MR) is 135 cm³/mol. The molecule has 158 valence electrons. The Labute approximate surface area is 202 Å². The summed E-state index contributed by atoms with van der Waals surface area (Å²) >= 11 is 19.0. The molecule has 32 heavy (non-hydrogen) atoms. The van der Waals surface area contributed by atoms with Gasteiger partial charge in [-0.05, 0) is 54.7 Å². The van der Waals surface area contributed by atoms with Gasteiger partial charge < -0.3 is 9.73 Å². The third-order valence-electron chi connectivity index (χ3n) is 4.69. The minimum Gasteiger partial charge on any atom is -0.436 e. The first-order valence-electron chi connectivity index (χ1n) is 9.44. The summed E-state index contributed by atoms with van der Waals surface area (Å²) in [5.74, 6) is 0.112. The zero-order valence-corrected chi connectivity index (χ0v) is 19.3. The first-order valence-corrected chi connectivity index (χ1v) is 11.4. The molecule has 0 unspecified atom stereocenters. The van der Waals surface area contributed by atoms with E-state index in [4.69, 9.17) is 39.8 Å². The SMILES string of the molecule is O=C(NC(=S)Nc1cccc(-c2nc3ccccc3o2)c1)c1sc2cc(Cl)ccc2c1Cl. The third-order valence-corrected chi connectivity index (χ3v) is 6.78. The molecule has 5 rings (SSSR count). The summed E-state index contributed by atoms with van der Waals surface area (Å²) in [6, 6.07) is 20.3. The van der Waals surface area contributed by atoms with Crippen molar-refractivity contribution in [3.8, 4) is 11.5 Å². The second-order valence-electron chi connectivity index (χ2n) is 6.86. The molecular formula is C23H13Cl2N3O2S2. The molecule has 5 aromatic rings. The highest BCUT2D eigenvalue weighted by molar-refractivity contribution is 7.80. The van der Waals surface area contributed by atoms with Gasteiger partial charge in [0.15, 0.2) is 10.7 Å². The number of hydrogen-bond acceptors (Lipinski definition) is 5. The van der Waals surface area contributed by atoms with Crippen LogP contribution in [-0.2, 0) is 0 Å². The number of aromatic nitrogens is 1. The number of carbonyl (C=O) groups is 1. The number of hydrogen-bond donors (Lipinski definition) is 2. The minimum atomic E-state index is -0.389. The molecule has 2 aromatic heterocycles. The molecule has 0 fully saturated rings. The number of para-hydroxylation sites is 2. The lowest BCUT2D eigenvalue weighted by atomic mass is 10.2. The smallest absolute Gasteiger partial charge is 0.269 e. The lowest BCUT2D eigenvalue weighted by Crippen LogP contribution is -2.33. The molecule has 2 N–H and O–H groups in total. The van der Waals surface area contributed by atoms with Gasteiger partial charge in [-0.15, -0.1) is 11.3 Å². The van der Waals surface area contributed by atoms with Crippen molar-refractivity contribution in [2.75, 3.05) is 5.32 Å². The van der Waals surface area contributed by atoms with Crippen LogP contribution in [0.15, 0.2) is 71.1 Å². The molecule has 9 heteroatoms. The molecular weight excluding hydrogens is 485 g/mol. The van der Waals surface area contributed by atoms with Gasteiger partial charge in [0.2, 0.25) is 5.89 Å². The van der Waals surface area contributed by atoms with E-state index in [1.807, 2.05) is 48.5 Å². The molecule has 2 heterocycles. The van der Waals surface area contributed by atoms with Crippen molar-refractivity contribution < 1.29 is 9.21 Å². The summed E-state index contributed by atoms with van der Waals surface area (Å²) in [4.78, 5) is 17.6. The van der Waals surface area contributed by atoms with Gasteiger partial charge in [0.05, 0.1) is 5.02 Å². The number of thiocarbonyl (C=S) groups is 1. The monoisotopic (exact) mass is 497 g/mol. The Morgan fingerprint density at radius 3 is 2.72 bits per heavy atom. The Hall–Kier alpha value is -2.97. The van der Waals surface area contributed by atoms with Gasteiger partial charge in [-0.2, -0.15) is 0 Å². The quantitative estimate of drug-likeness (QED) is 0.259. The summed E-state index contributed by atoms with van der Waals surface area (Å²) in [7, 11) is 0. The van der Waals surface area contributed by atoms with Crippen molar-refractivity contribution in [3.63, 3.8) is 0 Å². The Morgan fingerprint density at radius 2 is 1.88 bits per heavy atom. The molecule has 0 aliphatic carbocycles. The van der Waals surface area contributed by atoms with Gasteiger partial charge in [0.1, 0.15) is 10.4 Å². The van der Waals surface area contributed by atoms with Gasteiger partial charge in [0.25, 0.3) is 5.91 Å². The van der Waals surface area contributed by atoms with E-state index in [0.717, 1.165) is 21.2 Å². The van der Waals surface area contributed by atoms with E-state index >= 15 is 0 Å². The second kappa shape index (κ2) is 8.52. The molecule has 3 aromatic carbocycles. The van der Waals surface area contributed by atoms with Crippen LogP contribution in [0, 0.1) is 0 Å². The van der Waals surface area contributed by atoms with Crippen LogP contribution >= 0.6 is 46.8 Å². The van der Waals surface area contributed by atoms with E-state index in [0.29, 0.717) is 32.1 Å². The molecule has 0 bridgehead atoms. The van der Waals surface area contributed by atoms with Crippen molar-refractivity contribution in [2.45, 2.75) is 0 Å². The largest absolute Gasteiger partial charge is 0.436 e. The highest BCUT2D eigenvalue weighted by Crippen LogP contribution is 2.36. The lowest BCUT2D eigenvalue weighted by molar-refractivity contribution is 0.0982. The maximum Gasteiger partial charge on any atom is 0.269 e. The number of nitrogens with zero attached hydrogens (tertiary/aromatic N) is 1. The zero-order chi connectivity index (χ0) is 22.2. The maximum absolute atomic E-state index is 12.7. The Balaban J connectivity index is 1.33. The summed E-state index contributed by atoms with van der Waals surface area (Å²) in [5, 5.41) is 7.58. The fourth-order valence-electron chi connectivity index (χ4n) is 3.23. The van der Waals surface area contributed by atoms with Crippen LogP contribution in [0.1, 0.15) is 9.67 Å². The van der Waals surface area contributed by atoms with Crippen LogP contribution in [-0.4, -0.2) is 16.0 Å². The second-order valence-corrected chi connectivity index (χ2v) is 9.14. The van der Waals surface area contributed by atoms with Crippen LogP contribution in [0.4, 0.5) is 5.69 Å². The topological polar surface area (TPSA) is 67.2 Å². The van der Waals surface area contributed by atoms with Crippen LogP contribution < -0.4 is 10.6 Å². The number of benzene rings is 3. The standard InChI is InChI=1S/C23H13Cl2N3O2S2/c24-13-8-9-15-18(11-13)32-20(19(15)25)21(29)28-23(31)26-14-5-3-4-12(10-14)22-27-16-6-1-2-7-17(16)30-22/h1-11H,(H2,26,28,29,31). The molecule has 1 amide bonds. The maximum atomic E-state index is 12.7. The van der Waals surface area contributed by atoms with Crippen LogP contribution in [0.3, 0.4) is 0 Å². The fourth-order valence-corrected chi connectivity index (χ4v) is 5.13. The molecule has 0 aliphatic heterocycles. The fraction of sp³-hybridized carbons (Fsp3) is 0. The van der Waals surface area contributed by atoms with E-state index in [1.54, 1.807) is 18.2 Å². The Morgan fingerprint density at radius 1 is 1.03 bits per heavy atom. The molecule has 5 nitrogen and oxygen atoms in total. The number of carbonyl (C=O) groups excluding carboxylic acids is 1. The lowest BCUT2D eigenvalue weighted by Gasteiger charge is -2.09. The van der Waals surface area contributed by atoms with Crippen molar-refractivity contribution >= 4 is 84.6 Å². The molecule has 0 spiro atoms. The number of thiophene rings is 1. The number of oxazole rings is 1. The average Bonchev–Trinajstić information content (AvgIpc) is 3.35. The van der Waals surface area contributed by atoms with Crippen LogP contribution in [0.2, 0.25) is 10.0 Å². The average molecular weight is 498 g/mol. The van der Waals surface area contributed by atoms with Gasteiger partial charge in [-0.25, -0.2) is 4.98 Å². The highest BCUT2D eigenvalue weighted by atomic mass is 35.5. The van der Waals surface area contributed by atoms with E-state index in [1.165, 1.54) is 11.3 Å². The highest BCUT2D eigenvalue weighted by Gasteiger charge is 2.18. The van der Waals surface area contributed by atoms with Gasteiger partial charge in [-0.3, -0.25) is 10.1 Å². The van der Waals surface area contributed by atoms with Crippen LogP contribution in [0.5, 0.6) is 0 Å². The molecule has 0 atom stereocenters. The normalized spacial score (nSPS) is 11.1. The first-order chi connectivity index (χ1) is 15.5. The summed E-state index contributed by atoms with van der Waals surface area (Å²) < 4.78 is 6.65. The van der Waals surface area contributed by atoms with Crippen molar-refractivity contribution in [1.82, 2.24) is 10.3 Å².